The molecule has 1 aromatic heterocycles. The molecule has 0 saturated heterocycles. The maximum atomic E-state index is 5.86. The predicted molar refractivity (Wildman–Crippen MR) is 55.4 cm³/mol. The van der Waals surface area contributed by atoms with Gasteiger partial charge in [0.15, 0.2) is 0 Å². The smallest absolute Gasteiger partial charge is 0.224 e. The fourth-order valence-electron chi connectivity index (χ4n) is 0.788. The van der Waals surface area contributed by atoms with Gasteiger partial charge in [0.05, 0.1) is 6.20 Å². The first kappa shape index (κ1) is 10.5. The number of nitrogens with zero attached hydrogens (tertiary/aromatic N) is 2. The summed E-state index contributed by atoms with van der Waals surface area (Å²) in [4.78, 5) is 7.72. The summed E-state index contributed by atoms with van der Waals surface area (Å²) in [5, 5.41) is 3.79. The number of aromatic nitrogens is 2. The Morgan fingerprint density at radius 3 is 2.46 bits per heavy atom. The molecule has 3 nitrogen and oxygen atoms in total. The number of anilines is 1. The van der Waals surface area contributed by atoms with E-state index in [0.29, 0.717) is 10.8 Å². The van der Waals surface area contributed by atoms with E-state index in [4.69, 9.17) is 23.2 Å². The van der Waals surface area contributed by atoms with Gasteiger partial charge < -0.3 is 5.32 Å². The summed E-state index contributed by atoms with van der Waals surface area (Å²) in [6, 6.07) is 0. The van der Waals surface area contributed by atoms with Crippen molar-refractivity contribution in [3.8, 4) is 0 Å². The zero-order valence-corrected chi connectivity index (χ0v) is 9.24. The molecule has 0 saturated carbocycles. The van der Waals surface area contributed by atoms with Gasteiger partial charge in [0, 0.05) is 5.54 Å². The molecule has 0 fully saturated rings. The SMILES string of the molecule is CC(C)(C)Nc1nc(Cl)ncc1Cl. The zero-order valence-electron chi connectivity index (χ0n) is 7.73. The van der Waals surface area contributed by atoms with E-state index < -0.39 is 0 Å². The van der Waals surface area contributed by atoms with E-state index in [2.05, 4.69) is 15.3 Å². The van der Waals surface area contributed by atoms with Crippen LogP contribution < -0.4 is 5.32 Å². The molecule has 0 spiro atoms. The molecular formula is C8H11Cl2N3. The van der Waals surface area contributed by atoms with E-state index in [1.807, 2.05) is 20.8 Å². The highest BCUT2D eigenvalue weighted by Crippen LogP contribution is 2.22. The van der Waals surface area contributed by atoms with Crippen LogP contribution in [0.5, 0.6) is 0 Å². The number of rotatable bonds is 1. The highest BCUT2D eigenvalue weighted by atomic mass is 35.5. The number of hydrogen-bond acceptors (Lipinski definition) is 3. The van der Waals surface area contributed by atoms with Gasteiger partial charge in [-0.05, 0) is 32.4 Å². The normalized spacial score (nSPS) is 11.5. The van der Waals surface area contributed by atoms with Gasteiger partial charge in [-0.15, -0.1) is 0 Å². The highest BCUT2D eigenvalue weighted by Gasteiger charge is 2.13. The van der Waals surface area contributed by atoms with E-state index in [0.717, 1.165) is 0 Å². The van der Waals surface area contributed by atoms with Crippen LogP contribution in [0.2, 0.25) is 10.3 Å². The molecule has 1 aromatic rings. The lowest BCUT2D eigenvalue weighted by molar-refractivity contribution is 0.630. The molecule has 0 atom stereocenters. The standard InChI is InChI=1S/C8H11Cl2N3/c1-8(2,3)13-6-5(9)4-11-7(10)12-6/h4H,1-3H3,(H,11,12,13). The Kier molecular flexibility index (Phi) is 2.98. The molecule has 0 aliphatic heterocycles. The van der Waals surface area contributed by atoms with Crippen molar-refractivity contribution >= 4 is 29.0 Å². The van der Waals surface area contributed by atoms with Gasteiger partial charge >= 0.3 is 0 Å². The average molecular weight is 220 g/mol. The number of halogens is 2. The first-order chi connectivity index (χ1) is 5.88. The molecule has 0 unspecified atom stereocenters. The predicted octanol–water partition coefficient (Wildman–Crippen LogP) is 2.99. The van der Waals surface area contributed by atoms with Crippen molar-refractivity contribution in [3.63, 3.8) is 0 Å². The van der Waals surface area contributed by atoms with Crippen molar-refractivity contribution in [2.24, 2.45) is 0 Å². The van der Waals surface area contributed by atoms with Crippen molar-refractivity contribution in [2.45, 2.75) is 26.3 Å². The molecule has 72 valence electrons. The summed E-state index contributed by atoms with van der Waals surface area (Å²) in [5.74, 6) is 0.564. The molecule has 1 N–H and O–H groups in total. The lowest BCUT2D eigenvalue weighted by Gasteiger charge is -2.21. The van der Waals surface area contributed by atoms with Gasteiger partial charge in [-0.1, -0.05) is 11.6 Å². The summed E-state index contributed by atoms with van der Waals surface area (Å²) >= 11 is 11.5. The van der Waals surface area contributed by atoms with Crippen molar-refractivity contribution in [1.82, 2.24) is 9.97 Å². The highest BCUT2D eigenvalue weighted by molar-refractivity contribution is 6.33. The summed E-state index contributed by atoms with van der Waals surface area (Å²) in [7, 11) is 0. The summed E-state index contributed by atoms with van der Waals surface area (Å²) in [6.45, 7) is 6.04. The van der Waals surface area contributed by atoms with Crippen molar-refractivity contribution < 1.29 is 0 Å². The van der Waals surface area contributed by atoms with Gasteiger partial charge in [0.2, 0.25) is 5.28 Å². The maximum absolute atomic E-state index is 5.86. The van der Waals surface area contributed by atoms with E-state index in [1.165, 1.54) is 6.20 Å². The third-order valence-corrected chi connectivity index (χ3v) is 1.67. The Balaban J connectivity index is 2.94. The number of nitrogens with one attached hydrogen (secondary N) is 1. The number of hydrogen-bond donors (Lipinski definition) is 1. The minimum absolute atomic E-state index is 0.0959. The molecule has 0 radical (unpaired) electrons. The van der Waals surface area contributed by atoms with Crippen LogP contribution in [0.1, 0.15) is 20.8 Å². The summed E-state index contributed by atoms with van der Waals surface area (Å²) in [5.41, 5.74) is -0.0959. The average Bonchev–Trinajstić information content (AvgIpc) is 1.94. The zero-order chi connectivity index (χ0) is 10.1. The molecule has 1 rings (SSSR count). The Bertz CT molecular complexity index is 307. The van der Waals surface area contributed by atoms with Crippen molar-refractivity contribution in [1.29, 1.82) is 0 Å². The van der Waals surface area contributed by atoms with Gasteiger partial charge in [-0.25, -0.2) is 4.98 Å². The second kappa shape index (κ2) is 3.68. The Morgan fingerprint density at radius 1 is 1.31 bits per heavy atom. The van der Waals surface area contributed by atoms with Crippen LogP contribution >= 0.6 is 23.2 Å². The fraction of sp³-hybridized carbons (Fsp3) is 0.500. The monoisotopic (exact) mass is 219 g/mol. The van der Waals surface area contributed by atoms with Crippen LogP contribution in [0.3, 0.4) is 0 Å². The first-order valence-electron chi connectivity index (χ1n) is 3.85. The molecule has 5 heteroatoms. The van der Waals surface area contributed by atoms with E-state index >= 15 is 0 Å². The maximum Gasteiger partial charge on any atom is 0.224 e. The van der Waals surface area contributed by atoms with Crippen LogP contribution in [-0.2, 0) is 0 Å². The molecule has 0 aromatic carbocycles. The van der Waals surface area contributed by atoms with Gasteiger partial charge in [-0.2, -0.15) is 4.98 Å². The topological polar surface area (TPSA) is 37.8 Å². The van der Waals surface area contributed by atoms with Crippen LogP contribution in [0.4, 0.5) is 5.82 Å². The molecule has 1 heterocycles. The summed E-state index contributed by atoms with van der Waals surface area (Å²) in [6.07, 6.45) is 1.48. The van der Waals surface area contributed by atoms with Crippen LogP contribution in [-0.4, -0.2) is 15.5 Å². The van der Waals surface area contributed by atoms with Crippen molar-refractivity contribution in [2.75, 3.05) is 5.32 Å². The second-order valence-electron chi connectivity index (χ2n) is 3.71. The fourth-order valence-corrected chi connectivity index (χ4v) is 1.06. The van der Waals surface area contributed by atoms with E-state index in [1.54, 1.807) is 0 Å². The molecule has 0 amide bonds. The summed E-state index contributed by atoms with van der Waals surface area (Å²) < 4.78 is 0. The van der Waals surface area contributed by atoms with Gasteiger partial charge in [0.1, 0.15) is 10.8 Å². The Hall–Kier alpha value is -0.540. The van der Waals surface area contributed by atoms with Crippen LogP contribution in [0, 0.1) is 0 Å². The van der Waals surface area contributed by atoms with E-state index in [-0.39, 0.29) is 10.8 Å². The van der Waals surface area contributed by atoms with Gasteiger partial charge in [-0.3, -0.25) is 0 Å². The van der Waals surface area contributed by atoms with Crippen molar-refractivity contribution in [3.05, 3.63) is 16.5 Å². The Morgan fingerprint density at radius 2 is 1.92 bits per heavy atom. The Labute approximate surface area is 87.5 Å². The minimum Gasteiger partial charge on any atom is -0.364 e. The molecule has 0 bridgehead atoms. The molecule has 0 aliphatic carbocycles. The quantitative estimate of drug-likeness (QED) is 0.739. The molecule has 13 heavy (non-hydrogen) atoms. The molecule has 0 aliphatic rings. The first-order valence-corrected chi connectivity index (χ1v) is 4.60. The van der Waals surface area contributed by atoms with E-state index in [9.17, 15) is 0 Å². The van der Waals surface area contributed by atoms with Gasteiger partial charge in [0.25, 0.3) is 0 Å². The lowest BCUT2D eigenvalue weighted by Crippen LogP contribution is -2.26. The lowest BCUT2D eigenvalue weighted by atomic mass is 10.1. The molecular weight excluding hydrogens is 209 g/mol. The minimum atomic E-state index is -0.0959. The second-order valence-corrected chi connectivity index (χ2v) is 4.46. The third-order valence-electron chi connectivity index (χ3n) is 1.21. The van der Waals surface area contributed by atoms with Crippen LogP contribution in [0.15, 0.2) is 6.20 Å². The largest absolute Gasteiger partial charge is 0.364 e. The van der Waals surface area contributed by atoms with Crippen LogP contribution in [0.25, 0.3) is 0 Å². The third kappa shape index (κ3) is 3.36.